The maximum atomic E-state index is 2.29. The highest BCUT2D eigenvalue weighted by Gasteiger charge is 2.04. The SMILES string of the molecule is Br.Br.CCCCCCCCCCCCCCCC[N+](C)(C)C. The first kappa shape index (κ1) is 27.8. The number of quaternary nitrogens is 1. The molecule has 0 saturated heterocycles. The largest absolute Gasteiger partial charge is 0.331 e. The average Bonchev–Trinajstić information content (AvgIpc) is 2.38. The third kappa shape index (κ3) is 25.9. The van der Waals surface area contributed by atoms with Gasteiger partial charge in [0, 0.05) is 0 Å². The van der Waals surface area contributed by atoms with Crippen molar-refractivity contribution in [2.24, 2.45) is 0 Å². The van der Waals surface area contributed by atoms with Gasteiger partial charge >= 0.3 is 0 Å². The Morgan fingerprint density at radius 3 is 1.00 bits per heavy atom. The second kappa shape index (κ2) is 20.0. The van der Waals surface area contributed by atoms with Gasteiger partial charge in [0.25, 0.3) is 0 Å². The minimum Gasteiger partial charge on any atom is -0.331 e. The Bertz CT molecular complexity index is 190. The van der Waals surface area contributed by atoms with Crippen molar-refractivity contribution in [3.8, 4) is 0 Å². The molecule has 0 aliphatic carbocycles. The summed E-state index contributed by atoms with van der Waals surface area (Å²) in [7, 11) is 6.88. The topological polar surface area (TPSA) is 0 Å². The summed E-state index contributed by atoms with van der Waals surface area (Å²) in [5.41, 5.74) is 0. The molecule has 0 aromatic heterocycles. The summed E-state index contributed by atoms with van der Waals surface area (Å²) < 4.78 is 1.12. The minimum absolute atomic E-state index is 0. The van der Waals surface area contributed by atoms with E-state index in [1.165, 1.54) is 96.4 Å². The number of nitrogens with zero attached hydrogens (tertiary/aromatic N) is 1. The number of halogens is 2. The van der Waals surface area contributed by atoms with Crippen molar-refractivity contribution in [2.75, 3.05) is 27.7 Å². The molecule has 22 heavy (non-hydrogen) atoms. The molecule has 0 spiro atoms. The number of hydrogen-bond acceptors (Lipinski definition) is 0. The zero-order valence-corrected chi connectivity index (χ0v) is 19.3. The van der Waals surface area contributed by atoms with Crippen LogP contribution in [0.2, 0.25) is 0 Å². The maximum Gasteiger partial charge on any atom is 0.0780 e. The molecule has 0 atom stereocenters. The molecule has 0 saturated carbocycles. The van der Waals surface area contributed by atoms with Crippen LogP contribution >= 0.6 is 34.0 Å². The minimum atomic E-state index is 0. The number of unbranched alkanes of at least 4 members (excludes halogenated alkanes) is 13. The smallest absolute Gasteiger partial charge is 0.0780 e. The summed E-state index contributed by atoms with van der Waals surface area (Å²) in [6, 6.07) is 0. The van der Waals surface area contributed by atoms with E-state index in [2.05, 4.69) is 28.1 Å². The van der Waals surface area contributed by atoms with Gasteiger partial charge in [0.15, 0.2) is 0 Å². The first-order chi connectivity index (χ1) is 9.56. The lowest BCUT2D eigenvalue weighted by molar-refractivity contribution is -0.870. The predicted octanol–water partition coefficient (Wildman–Crippen LogP) is 7.33. The molecule has 0 aromatic carbocycles. The second-order valence-electron chi connectivity index (χ2n) is 7.61. The molecule has 0 rings (SSSR count). The lowest BCUT2D eigenvalue weighted by atomic mass is 10.0. The number of hydrogen-bond donors (Lipinski definition) is 0. The molecule has 0 fully saturated rings. The van der Waals surface area contributed by atoms with Gasteiger partial charge in [-0.3, -0.25) is 0 Å². The van der Waals surface area contributed by atoms with Crippen molar-refractivity contribution in [1.82, 2.24) is 0 Å². The first-order valence-corrected chi connectivity index (χ1v) is 9.36. The lowest BCUT2D eigenvalue weighted by Gasteiger charge is -2.23. The van der Waals surface area contributed by atoms with E-state index in [0.29, 0.717) is 0 Å². The summed E-state index contributed by atoms with van der Waals surface area (Å²) in [5.74, 6) is 0. The van der Waals surface area contributed by atoms with E-state index in [1.54, 1.807) is 0 Å². The molecule has 0 N–H and O–H groups in total. The molecule has 3 heteroatoms. The summed E-state index contributed by atoms with van der Waals surface area (Å²) in [5, 5.41) is 0. The van der Waals surface area contributed by atoms with Crippen molar-refractivity contribution in [2.45, 2.75) is 96.8 Å². The molecule has 0 bridgehead atoms. The third-order valence-corrected chi connectivity index (χ3v) is 4.18. The molecule has 0 aromatic rings. The van der Waals surface area contributed by atoms with Crippen molar-refractivity contribution in [1.29, 1.82) is 0 Å². The molecule has 138 valence electrons. The van der Waals surface area contributed by atoms with Crippen molar-refractivity contribution in [3.63, 3.8) is 0 Å². The maximum absolute atomic E-state index is 2.29. The number of rotatable bonds is 15. The van der Waals surface area contributed by atoms with Gasteiger partial charge in [-0.2, -0.15) is 0 Å². The van der Waals surface area contributed by atoms with Gasteiger partial charge in [-0.25, -0.2) is 0 Å². The molecule has 0 aliphatic heterocycles. The zero-order valence-electron chi connectivity index (χ0n) is 15.9. The van der Waals surface area contributed by atoms with Crippen LogP contribution in [-0.2, 0) is 0 Å². The second-order valence-corrected chi connectivity index (χ2v) is 7.61. The van der Waals surface area contributed by atoms with E-state index >= 15 is 0 Å². The molecule has 0 amide bonds. The molecule has 0 unspecified atom stereocenters. The third-order valence-electron chi connectivity index (χ3n) is 4.18. The summed E-state index contributed by atoms with van der Waals surface area (Å²) >= 11 is 0. The fourth-order valence-corrected chi connectivity index (χ4v) is 2.78. The van der Waals surface area contributed by atoms with Crippen molar-refractivity contribution >= 4 is 34.0 Å². The normalized spacial score (nSPS) is 10.9. The Morgan fingerprint density at radius 1 is 0.455 bits per heavy atom. The van der Waals surface area contributed by atoms with Gasteiger partial charge < -0.3 is 4.48 Å². The Hall–Kier alpha value is 0.920. The van der Waals surface area contributed by atoms with E-state index in [9.17, 15) is 0 Å². The average molecular weight is 446 g/mol. The quantitative estimate of drug-likeness (QED) is 0.183. The molecular weight excluding hydrogens is 402 g/mol. The van der Waals surface area contributed by atoms with E-state index in [1.807, 2.05) is 0 Å². The highest BCUT2D eigenvalue weighted by atomic mass is 79.9. The van der Waals surface area contributed by atoms with E-state index in [4.69, 9.17) is 0 Å². The van der Waals surface area contributed by atoms with Gasteiger partial charge in [-0.1, -0.05) is 84.0 Å². The van der Waals surface area contributed by atoms with Crippen LogP contribution in [-0.4, -0.2) is 32.2 Å². The van der Waals surface area contributed by atoms with E-state index in [0.717, 1.165) is 4.48 Å². The fraction of sp³-hybridized carbons (Fsp3) is 1.00. The van der Waals surface area contributed by atoms with Crippen LogP contribution in [0.5, 0.6) is 0 Å². The summed E-state index contributed by atoms with van der Waals surface area (Å²) in [4.78, 5) is 0. The molecule has 1 nitrogen and oxygen atoms in total. The predicted molar refractivity (Wildman–Crippen MR) is 114 cm³/mol. The van der Waals surface area contributed by atoms with Gasteiger partial charge in [0.05, 0.1) is 27.7 Å². The highest BCUT2D eigenvalue weighted by Crippen LogP contribution is 2.13. The Balaban J connectivity index is -0.00000180. The Labute approximate surface area is 162 Å². The van der Waals surface area contributed by atoms with Gasteiger partial charge in [-0.15, -0.1) is 34.0 Å². The van der Waals surface area contributed by atoms with Crippen LogP contribution in [0.1, 0.15) is 96.8 Å². The van der Waals surface area contributed by atoms with Gasteiger partial charge in [0.2, 0.25) is 0 Å². The van der Waals surface area contributed by atoms with Crippen LogP contribution in [0, 0.1) is 0 Å². The van der Waals surface area contributed by atoms with Crippen LogP contribution < -0.4 is 0 Å². The standard InChI is InChI=1S/C19H42N.2BrH/c1-5-6-7-8-9-10-11-12-13-14-15-16-17-18-19-20(2,3)4;;/h5-19H2,1-4H3;2*1H/q+1;;. The molecule has 0 aliphatic rings. The first-order valence-electron chi connectivity index (χ1n) is 9.36. The van der Waals surface area contributed by atoms with Crippen LogP contribution in [0.25, 0.3) is 0 Å². The van der Waals surface area contributed by atoms with Crippen LogP contribution in [0.3, 0.4) is 0 Å². The summed E-state index contributed by atoms with van der Waals surface area (Å²) in [6.07, 6.45) is 20.4. The fourth-order valence-electron chi connectivity index (χ4n) is 2.78. The van der Waals surface area contributed by atoms with Gasteiger partial charge in [0.1, 0.15) is 0 Å². The Morgan fingerprint density at radius 2 is 0.727 bits per heavy atom. The molecule has 0 heterocycles. The van der Waals surface area contributed by atoms with Gasteiger partial charge in [-0.05, 0) is 12.8 Å². The van der Waals surface area contributed by atoms with E-state index in [-0.39, 0.29) is 34.0 Å². The Kier molecular flexibility index (Phi) is 25.2. The monoisotopic (exact) mass is 444 g/mol. The van der Waals surface area contributed by atoms with E-state index < -0.39 is 0 Å². The molecular formula is C19H44Br2N+. The highest BCUT2D eigenvalue weighted by molar-refractivity contribution is 8.93. The summed E-state index contributed by atoms with van der Waals surface area (Å²) in [6.45, 7) is 3.63. The zero-order chi connectivity index (χ0) is 15.1. The van der Waals surface area contributed by atoms with Crippen LogP contribution in [0.4, 0.5) is 0 Å². The lowest BCUT2D eigenvalue weighted by Crippen LogP contribution is -2.35. The van der Waals surface area contributed by atoms with Crippen molar-refractivity contribution < 1.29 is 4.48 Å². The van der Waals surface area contributed by atoms with Crippen LogP contribution in [0.15, 0.2) is 0 Å². The van der Waals surface area contributed by atoms with Crippen molar-refractivity contribution in [3.05, 3.63) is 0 Å². The molecule has 0 radical (unpaired) electrons.